The Hall–Kier alpha value is -3.41. The zero-order chi connectivity index (χ0) is 18.3. The average molecular weight is 350 g/mol. The number of fused-ring (bicyclic) bond motifs is 3. The van der Waals surface area contributed by atoms with Crippen LogP contribution < -0.4 is 4.74 Å². The molecule has 130 valence electrons. The maximum Gasteiger partial charge on any atom is 0.307 e. The molecule has 0 atom stereocenters. The molecule has 0 amide bonds. The lowest BCUT2D eigenvalue weighted by Gasteiger charge is -2.07. The van der Waals surface area contributed by atoms with E-state index >= 15 is 0 Å². The number of ether oxygens (including phenoxy) is 1. The van der Waals surface area contributed by atoms with E-state index in [-0.39, 0.29) is 12.2 Å². The third-order valence-electron chi connectivity index (χ3n) is 4.39. The first-order valence-electron chi connectivity index (χ1n) is 8.02. The standard InChI is InChI=1S/C20H15FN2O3/c1-26-14-6-7-17-15(10-14)16(11-19(24)25)18-8-9-22-20(23(17)18)12-2-4-13(21)5-3-12/h2-10H,11H2,1H3,(H,24,25). The van der Waals surface area contributed by atoms with Gasteiger partial charge in [0.1, 0.15) is 17.4 Å². The van der Waals surface area contributed by atoms with Crippen LogP contribution in [-0.2, 0) is 11.2 Å². The second kappa shape index (κ2) is 6.15. The summed E-state index contributed by atoms with van der Waals surface area (Å²) in [6.07, 6.45) is 1.52. The van der Waals surface area contributed by atoms with Crippen LogP contribution in [0.4, 0.5) is 4.39 Å². The van der Waals surface area contributed by atoms with E-state index in [1.165, 1.54) is 12.1 Å². The first-order valence-corrected chi connectivity index (χ1v) is 8.02. The molecule has 2 aromatic heterocycles. The van der Waals surface area contributed by atoms with Gasteiger partial charge in [0.2, 0.25) is 0 Å². The number of carbonyl (C=O) groups is 1. The van der Waals surface area contributed by atoms with E-state index in [1.54, 1.807) is 31.5 Å². The molecular weight excluding hydrogens is 335 g/mol. The first-order chi connectivity index (χ1) is 12.6. The molecule has 0 saturated heterocycles. The van der Waals surface area contributed by atoms with Gasteiger partial charge in [0.15, 0.2) is 0 Å². The Morgan fingerprint density at radius 2 is 1.92 bits per heavy atom. The predicted molar refractivity (Wildman–Crippen MR) is 96.0 cm³/mol. The highest BCUT2D eigenvalue weighted by molar-refractivity contribution is 5.97. The molecule has 0 saturated carbocycles. The summed E-state index contributed by atoms with van der Waals surface area (Å²) in [7, 11) is 1.57. The highest BCUT2D eigenvalue weighted by atomic mass is 19.1. The largest absolute Gasteiger partial charge is 0.497 e. The van der Waals surface area contributed by atoms with Crippen molar-refractivity contribution in [1.29, 1.82) is 0 Å². The minimum absolute atomic E-state index is 0.118. The lowest BCUT2D eigenvalue weighted by molar-refractivity contribution is -0.136. The van der Waals surface area contributed by atoms with Crippen molar-refractivity contribution in [1.82, 2.24) is 9.38 Å². The van der Waals surface area contributed by atoms with Crippen molar-refractivity contribution >= 4 is 22.4 Å². The smallest absolute Gasteiger partial charge is 0.307 e. The van der Waals surface area contributed by atoms with Gasteiger partial charge in [-0.05, 0) is 54.1 Å². The molecule has 26 heavy (non-hydrogen) atoms. The number of hydrogen-bond acceptors (Lipinski definition) is 3. The van der Waals surface area contributed by atoms with Crippen LogP contribution in [0, 0.1) is 5.82 Å². The van der Waals surface area contributed by atoms with Gasteiger partial charge in [-0.2, -0.15) is 0 Å². The van der Waals surface area contributed by atoms with E-state index in [0.717, 1.165) is 22.0 Å². The lowest BCUT2D eigenvalue weighted by atomic mass is 10.1. The van der Waals surface area contributed by atoms with Gasteiger partial charge < -0.3 is 9.84 Å². The normalized spacial score (nSPS) is 11.2. The number of hydrogen-bond donors (Lipinski definition) is 1. The summed E-state index contributed by atoms with van der Waals surface area (Å²) in [5, 5.41) is 10.1. The second-order valence-electron chi connectivity index (χ2n) is 5.93. The maximum absolute atomic E-state index is 13.3. The quantitative estimate of drug-likeness (QED) is 0.606. The predicted octanol–water partition coefficient (Wildman–Crippen LogP) is 3.93. The molecule has 5 nitrogen and oxygen atoms in total. The molecule has 0 aliphatic rings. The van der Waals surface area contributed by atoms with Gasteiger partial charge in [-0.1, -0.05) is 0 Å². The van der Waals surface area contributed by atoms with Crippen molar-refractivity contribution in [2.24, 2.45) is 0 Å². The van der Waals surface area contributed by atoms with Crippen molar-refractivity contribution in [3.63, 3.8) is 0 Å². The number of benzene rings is 2. The van der Waals surface area contributed by atoms with Crippen LogP contribution in [0.1, 0.15) is 5.56 Å². The molecule has 0 aliphatic carbocycles. The van der Waals surface area contributed by atoms with Crippen molar-refractivity contribution in [3.8, 4) is 17.1 Å². The van der Waals surface area contributed by atoms with Gasteiger partial charge >= 0.3 is 5.97 Å². The van der Waals surface area contributed by atoms with Gasteiger partial charge in [0.25, 0.3) is 0 Å². The fraction of sp³-hybridized carbons (Fsp3) is 0.100. The number of nitrogens with zero attached hydrogens (tertiary/aromatic N) is 2. The Morgan fingerprint density at radius 3 is 2.62 bits per heavy atom. The fourth-order valence-electron chi connectivity index (χ4n) is 3.26. The molecule has 0 fully saturated rings. The van der Waals surface area contributed by atoms with Gasteiger partial charge in [-0.25, -0.2) is 9.37 Å². The summed E-state index contributed by atoms with van der Waals surface area (Å²) in [6, 6.07) is 13.4. The van der Waals surface area contributed by atoms with Crippen LogP contribution in [0.3, 0.4) is 0 Å². The van der Waals surface area contributed by atoms with E-state index in [2.05, 4.69) is 4.98 Å². The molecule has 0 aliphatic heterocycles. The zero-order valence-electron chi connectivity index (χ0n) is 13.9. The molecule has 0 unspecified atom stereocenters. The van der Waals surface area contributed by atoms with Gasteiger partial charge in [0, 0.05) is 17.1 Å². The highest BCUT2D eigenvalue weighted by Gasteiger charge is 2.18. The summed E-state index contributed by atoms with van der Waals surface area (Å²) in [5.41, 5.74) is 3.01. The summed E-state index contributed by atoms with van der Waals surface area (Å²) < 4.78 is 20.5. The summed E-state index contributed by atoms with van der Waals surface area (Å²) in [4.78, 5) is 15.9. The molecule has 2 aromatic carbocycles. The fourth-order valence-corrected chi connectivity index (χ4v) is 3.26. The topological polar surface area (TPSA) is 63.8 Å². The summed E-state index contributed by atoms with van der Waals surface area (Å²) in [5.74, 6) is 0.0302. The third-order valence-corrected chi connectivity index (χ3v) is 4.39. The molecular formula is C20H15FN2O3. The van der Waals surface area contributed by atoms with Crippen LogP contribution in [-0.4, -0.2) is 27.6 Å². The van der Waals surface area contributed by atoms with Crippen molar-refractivity contribution in [2.75, 3.05) is 7.11 Å². The van der Waals surface area contributed by atoms with Gasteiger partial charge in [0.05, 0.1) is 24.6 Å². The molecule has 4 rings (SSSR count). The van der Waals surface area contributed by atoms with E-state index in [4.69, 9.17) is 4.74 Å². The first kappa shape index (κ1) is 16.1. The van der Waals surface area contributed by atoms with E-state index in [0.29, 0.717) is 17.1 Å². The van der Waals surface area contributed by atoms with Crippen LogP contribution >= 0.6 is 0 Å². The van der Waals surface area contributed by atoms with Crippen molar-refractivity contribution < 1.29 is 19.0 Å². The average Bonchev–Trinajstić information content (AvgIpc) is 2.95. The monoisotopic (exact) mass is 350 g/mol. The van der Waals surface area contributed by atoms with Crippen molar-refractivity contribution in [3.05, 3.63) is 66.1 Å². The summed E-state index contributed by atoms with van der Waals surface area (Å²) in [6.45, 7) is 0. The molecule has 2 heterocycles. The van der Waals surface area contributed by atoms with Crippen LogP contribution in [0.2, 0.25) is 0 Å². The van der Waals surface area contributed by atoms with Crippen LogP contribution in [0.15, 0.2) is 54.7 Å². The van der Waals surface area contributed by atoms with E-state index in [9.17, 15) is 14.3 Å². The number of carboxylic acid groups (broad SMARTS) is 1. The molecule has 6 heteroatoms. The molecule has 0 radical (unpaired) electrons. The molecule has 0 spiro atoms. The minimum atomic E-state index is -0.914. The highest BCUT2D eigenvalue weighted by Crippen LogP contribution is 2.33. The number of halogens is 1. The lowest BCUT2D eigenvalue weighted by Crippen LogP contribution is -2.01. The Kier molecular flexibility index (Phi) is 3.80. The van der Waals surface area contributed by atoms with E-state index < -0.39 is 5.97 Å². The Balaban J connectivity index is 2.10. The minimum Gasteiger partial charge on any atom is -0.497 e. The number of rotatable bonds is 4. The Bertz CT molecular complexity index is 1130. The molecule has 1 N–H and O–H groups in total. The number of aliphatic carboxylic acids is 1. The molecule has 4 aromatic rings. The third kappa shape index (κ3) is 2.56. The number of methoxy groups -OCH3 is 1. The van der Waals surface area contributed by atoms with E-state index in [1.807, 2.05) is 22.6 Å². The zero-order valence-corrected chi connectivity index (χ0v) is 13.9. The summed E-state index contributed by atoms with van der Waals surface area (Å²) >= 11 is 0. The van der Waals surface area contributed by atoms with Crippen LogP contribution in [0.25, 0.3) is 27.8 Å². The SMILES string of the molecule is COc1ccc2c(c1)c(CC(=O)O)c1ccnc(-c3ccc(F)cc3)n12. The number of carboxylic acids is 1. The van der Waals surface area contributed by atoms with Gasteiger partial charge in [-0.15, -0.1) is 0 Å². The molecule has 0 bridgehead atoms. The second-order valence-corrected chi connectivity index (χ2v) is 5.93. The maximum atomic E-state index is 13.3. The Labute approximate surface area is 148 Å². The Morgan fingerprint density at radius 1 is 1.15 bits per heavy atom. The van der Waals surface area contributed by atoms with Crippen LogP contribution in [0.5, 0.6) is 5.75 Å². The van der Waals surface area contributed by atoms with Gasteiger partial charge in [-0.3, -0.25) is 9.20 Å². The van der Waals surface area contributed by atoms with Crippen molar-refractivity contribution in [2.45, 2.75) is 6.42 Å². The number of aromatic nitrogens is 2.